The molecule has 0 aliphatic rings. The first-order valence-corrected chi connectivity index (χ1v) is 10.6. The van der Waals surface area contributed by atoms with Crippen molar-refractivity contribution in [2.45, 2.75) is 13.5 Å². The van der Waals surface area contributed by atoms with Gasteiger partial charge in [-0.05, 0) is 36.2 Å². The van der Waals surface area contributed by atoms with E-state index in [2.05, 4.69) is 10.3 Å². The van der Waals surface area contributed by atoms with Crippen molar-refractivity contribution in [1.82, 2.24) is 14.9 Å². The van der Waals surface area contributed by atoms with Crippen LogP contribution in [0.15, 0.2) is 67.3 Å². The van der Waals surface area contributed by atoms with Crippen molar-refractivity contribution in [2.75, 3.05) is 17.1 Å². The van der Waals surface area contributed by atoms with Crippen molar-refractivity contribution in [3.8, 4) is 5.69 Å². The number of sulfonamides is 1. The largest absolute Gasteiger partial charge is 0.350 e. The second-order valence-corrected chi connectivity index (χ2v) is 8.38. The quantitative estimate of drug-likeness (QED) is 0.662. The molecule has 0 atom stereocenters. The highest BCUT2D eigenvalue weighted by Gasteiger charge is 2.21. The highest BCUT2D eigenvalue weighted by molar-refractivity contribution is 7.92. The molecule has 1 N–H and O–H groups in total. The minimum atomic E-state index is -3.59. The predicted molar refractivity (Wildman–Crippen MR) is 109 cm³/mol. The van der Waals surface area contributed by atoms with Crippen molar-refractivity contribution < 1.29 is 13.2 Å². The van der Waals surface area contributed by atoms with Gasteiger partial charge in [-0.1, -0.05) is 30.3 Å². The Morgan fingerprint density at radius 3 is 2.46 bits per heavy atom. The maximum Gasteiger partial charge on any atom is 0.241 e. The number of nitrogens with one attached hydrogen (secondary N) is 1. The third-order valence-electron chi connectivity index (χ3n) is 4.30. The van der Waals surface area contributed by atoms with E-state index in [1.807, 2.05) is 54.1 Å². The maximum atomic E-state index is 12.4. The molecule has 3 rings (SSSR count). The molecule has 1 aromatic heterocycles. The Kier molecular flexibility index (Phi) is 5.79. The third-order valence-corrected chi connectivity index (χ3v) is 5.43. The Balaban J connectivity index is 1.64. The van der Waals surface area contributed by atoms with E-state index in [0.29, 0.717) is 12.2 Å². The van der Waals surface area contributed by atoms with Gasteiger partial charge < -0.3 is 9.88 Å². The summed E-state index contributed by atoms with van der Waals surface area (Å²) in [7, 11) is -3.59. The standard InChI is InChI=1S/C20H22N4O3S/c1-16-5-3-4-6-19(16)24(28(2,26)27)14-20(25)22-13-17-7-9-18(10-8-17)23-12-11-21-15-23/h3-12,15H,13-14H2,1-2H3,(H,22,25). The number of carbonyl (C=O) groups excluding carboxylic acids is 1. The number of aryl methyl sites for hydroxylation is 1. The summed E-state index contributed by atoms with van der Waals surface area (Å²) in [6.07, 6.45) is 6.36. The molecular weight excluding hydrogens is 376 g/mol. The number of nitrogens with zero attached hydrogens (tertiary/aromatic N) is 3. The van der Waals surface area contributed by atoms with Gasteiger partial charge in [0, 0.05) is 24.6 Å². The molecule has 28 heavy (non-hydrogen) atoms. The van der Waals surface area contributed by atoms with Gasteiger partial charge in [0.2, 0.25) is 15.9 Å². The van der Waals surface area contributed by atoms with E-state index >= 15 is 0 Å². The zero-order chi connectivity index (χ0) is 20.1. The molecule has 0 radical (unpaired) electrons. The number of carbonyl (C=O) groups is 1. The van der Waals surface area contributed by atoms with Gasteiger partial charge in [0.1, 0.15) is 6.54 Å². The first-order valence-electron chi connectivity index (χ1n) is 8.72. The molecule has 1 heterocycles. The van der Waals surface area contributed by atoms with Gasteiger partial charge in [0.05, 0.1) is 18.3 Å². The molecule has 0 saturated heterocycles. The van der Waals surface area contributed by atoms with Crippen molar-refractivity contribution in [3.63, 3.8) is 0 Å². The van der Waals surface area contributed by atoms with E-state index in [-0.39, 0.29) is 12.5 Å². The van der Waals surface area contributed by atoms with Crippen LogP contribution in [0.4, 0.5) is 5.69 Å². The number of imidazole rings is 1. The van der Waals surface area contributed by atoms with Gasteiger partial charge in [-0.25, -0.2) is 13.4 Å². The average Bonchev–Trinajstić information content (AvgIpc) is 3.19. The molecule has 2 aromatic carbocycles. The fourth-order valence-corrected chi connectivity index (χ4v) is 3.72. The molecule has 3 aromatic rings. The lowest BCUT2D eigenvalue weighted by molar-refractivity contribution is -0.119. The highest BCUT2D eigenvalue weighted by atomic mass is 32.2. The van der Waals surface area contributed by atoms with Crippen LogP contribution in [-0.2, 0) is 21.4 Å². The van der Waals surface area contributed by atoms with Crippen LogP contribution in [0.1, 0.15) is 11.1 Å². The fourth-order valence-electron chi connectivity index (χ4n) is 2.81. The third kappa shape index (κ3) is 4.77. The molecule has 7 nitrogen and oxygen atoms in total. The highest BCUT2D eigenvalue weighted by Crippen LogP contribution is 2.21. The van der Waals surface area contributed by atoms with Gasteiger partial charge in [-0.15, -0.1) is 0 Å². The Morgan fingerprint density at radius 2 is 1.86 bits per heavy atom. The van der Waals surface area contributed by atoms with Gasteiger partial charge in [-0.2, -0.15) is 0 Å². The lowest BCUT2D eigenvalue weighted by Gasteiger charge is -2.23. The zero-order valence-corrected chi connectivity index (χ0v) is 16.6. The van der Waals surface area contributed by atoms with Gasteiger partial charge in [0.15, 0.2) is 0 Å². The summed E-state index contributed by atoms with van der Waals surface area (Å²) in [5.41, 5.74) is 3.18. The predicted octanol–water partition coefficient (Wildman–Crippen LogP) is 2.26. The molecule has 1 amide bonds. The Hall–Kier alpha value is -3.13. The lowest BCUT2D eigenvalue weighted by atomic mass is 10.2. The summed E-state index contributed by atoms with van der Waals surface area (Å²) in [6.45, 7) is 1.86. The first-order chi connectivity index (χ1) is 13.3. The lowest BCUT2D eigenvalue weighted by Crippen LogP contribution is -2.40. The minimum absolute atomic E-state index is 0.267. The van der Waals surface area contributed by atoms with E-state index in [4.69, 9.17) is 0 Å². The Morgan fingerprint density at radius 1 is 1.14 bits per heavy atom. The molecule has 8 heteroatoms. The normalized spacial score (nSPS) is 11.2. The van der Waals surface area contributed by atoms with Crippen LogP contribution in [0, 0.1) is 6.92 Å². The summed E-state index contributed by atoms with van der Waals surface area (Å²) >= 11 is 0. The molecule has 0 spiro atoms. The smallest absolute Gasteiger partial charge is 0.241 e. The molecule has 146 valence electrons. The van der Waals surface area contributed by atoms with Crippen molar-refractivity contribution in [1.29, 1.82) is 0 Å². The number of hydrogen-bond acceptors (Lipinski definition) is 4. The van der Waals surface area contributed by atoms with E-state index in [1.165, 1.54) is 0 Å². The number of rotatable bonds is 7. The fraction of sp³-hybridized carbons (Fsp3) is 0.200. The topological polar surface area (TPSA) is 84.3 Å². The van der Waals surface area contributed by atoms with Crippen LogP contribution in [-0.4, -0.2) is 36.7 Å². The number of amides is 1. The van der Waals surface area contributed by atoms with Crippen LogP contribution in [0.2, 0.25) is 0 Å². The number of anilines is 1. The van der Waals surface area contributed by atoms with Crippen molar-refractivity contribution in [2.24, 2.45) is 0 Å². The second-order valence-electron chi connectivity index (χ2n) is 6.47. The first kappa shape index (κ1) is 19.6. The van der Waals surface area contributed by atoms with Crippen LogP contribution >= 0.6 is 0 Å². The molecule has 0 bridgehead atoms. The molecule has 0 aliphatic heterocycles. The van der Waals surface area contributed by atoms with E-state index in [9.17, 15) is 13.2 Å². The molecule has 0 aliphatic carbocycles. The molecule has 0 saturated carbocycles. The van der Waals surface area contributed by atoms with E-state index in [0.717, 1.165) is 27.4 Å². The summed E-state index contributed by atoms with van der Waals surface area (Å²) in [5.74, 6) is -0.368. The van der Waals surface area contributed by atoms with Crippen LogP contribution in [0.25, 0.3) is 5.69 Å². The van der Waals surface area contributed by atoms with Crippen LogP contribution in [0.5, 0.6) is 0 Å². The van der Waals surface area contributed by atoms with Crippen LogP contribution < -0.4 is 9.62 Å². The molecule has 0 unspecified atom stereocenters. The molecule has 0 fully saturated rings. The van der Waals surface area contributed by atoms with Gasteiger partial charge in [0.25, 0.3) is 0 Å². The summed E-state index contributed by atoms with van der Waals surface area (Å²) in [5, 5.41) is 2.78. The average molecular weight is 398 g/mol. The number of benzene rings is 2. The van der Waals surface area contributed by atoms with Crippen molar-refractivity contribution >= 4 is 21.6 Å². The number of para-hydroxylation sites is 1. The molecular formula is C20H22N4O3S. The number of aromatic nitrogens is 2. The number of hydrogen-bond donors (Lipinski definition) is 1. The van der Waals surface area contributed by atoms with E-state index < -0.39 is 10.0 Å². The maximum absolute atomic E-state index is 12.4. The van der Waals surface area contributed by atoms with Gasteiger partial charge >= 0.3 is 0 Å². The SMILES string of the molecule is Cc1ccccc1N(CC(=O)NCc1ccc(-n2ccnc2)cc1)S(C)(=O)=O. The summed E-state index contributed by atoms with van der Waals surface area (Å²) < 4.78 is 27.4. The minimum Gasteiger partial charge on any atom is -0.350 e. The second kappa shape index (κ2) is 8.26. The zero-order valence-electron chi connectivity index (χ0n) is 15.7. The Labute approximate surface area is 164 Å². The monoisotopic (exact) mass is 398 g/mol. The van der Waals surface area contributed by atoms with Gasteiger partial charge in [-0.3, -0.25) is 9.10 Å². The summed E-state index contributed by atoms with van der Waals surface area (Å²) in [6, 6.07) is 14.8. The Bertz CT molecular complexity index is 1050. The van der Waals surface area contributed by atoms with Crippen molar-refractivity contribution in [3.05, 3.63) is 78.4 Å². The summed E-state index contributed by atoms with van der Waals surface area (Å²) in [4.78, 5) is 16.4. The van der Waals surface area contributed by atoms with Crippen LogP contribution in [0.3, 0.4) is 0 Å². The van der Waals surface area contributed by atoms with E-state index in [1.54, 1.807) is 24.7 Å².